The van der Waals surface area contributed by atoms with Gasteiger partial charge in [-0.05, 0) is 0 Å². The smallest absolute Gasteiger partial charge is 0.329 e. The minimum atomic E-state index is -4.26. The first kappa shape index (κ1) is 15.0. The van der Waals surface area contributed by atoms with Gasteiger partial charge in [0.05, 0.1) is 21.1 Å². The fourth-order valence-electron chi connectivity index (χ4n) is 0.434. The Morgan fingerprint density at radius 1 is 1.33 bits per heavy atom. The third-order valence-corrected chi connectivity index (χ3v) is 1.54. The monoisotopic (exact) mass is 218 g/mol. The summed E-state index contributed by atoms with van der Waals surface area (Å²) in [4.78, 5) is 16.6. The molecule has 0 radical (unpaired) electrons. The molecule has 0 saturated carbocycles. The number of rotatable bonds is 4. The van der Waals surface area contributed by atoms with E-state index in [0.29, 0.717) is 11.0 Å². The summed E-state index contributed by atoms with van der Waals surface area (Å²) in [6.45, 7) is 0.652. The van der Waals surface area contributed by atoms with Gasteiger partial charge in [0.25, 0.3) is 0 Å². The van der Waals surface area contributed by atoms with Crippen LogP contribution in [0.1, 0.15) is 0 Å². The lowest BCUT2D eigenvalue weighted by Crippen LogP contribution is -2.37. The van der Waals surface area contributed by atoms with Gasteiger partial charge in [-0.15, -0.1) is 0 Å². The Hall–Kier alpha value is 0.500. The molecule has 0 amide bonds. The molecule has 0 heterocycles. The van der Waals surface area contributed by atoms with Crippen LogP contribution in [-0.4, -0.2) is 48.6 Å². The van der Waals surface area contributed by atoms with Crippen LogP contribution in [0.2, 0.25) is 0 Å². The first-order valence-corrected chi connectivity index (χ1v) is 4.74. The Morgan fingerprint density at radius 2 is 1.75 bits per heavy atom. The molecule has 0 aliphatic carbocycles. The van der Waals surface area contributed by atoms with E-state index in [1.165, 1.54) is 0 Å². The van der Waals surface area contributed by atoms with E-state index < -0.39 is 7.82 Å². The van der Waals surface area contributed by atoms with Crippen molar-refractivity contribution in [1.29, 1.82) is 0 Å². The fraction of sp³-hybridized carbons (Fsp3) is 1.00. The molecule has 1 unspecified atom stereocenters. The average molecular weight is 218 g/mol. The molecule has 0 aromatic heterocycles. The van der Waals surface area contributed by atoms with Gasteiger partial charge in [0.2, 0.25) is 0 Å². The zero-order valence-electron chi connectivity index (χ0n) is 7.73. The van der Waals surface area contributed by atoms with Crippen molar-refractivity contribution >= 4 is 17.7 Å². The van der Waals surface area contributed by atoms with Crippen molar-refractivity contribution in [2.75, 3.05) is 34.3 Å². The quantitative estimate of drug-likeness (QED) is 0.509. The summed E-state index contributed by atoms with van der Waals surface area (Å²) < 4.78 is 15.1. The van der Waals surface area contributed by atoms with E-state index in [9.17, 15) is 4.57 Å². The molecule has 0 fully saturated rings. The van der Waals surface area contributed by atoms with E-state index in [0.717, 1.165) is 0 Å². The number of likely N-dealkylation sites (N-methyl/N-ethyl adjacent to an activating group) is 1. The van der Waals surface area contributed by atoms with Crippen molar-refractivity contribution in [3.05, 3.63) is 0 Å². The van der Waals surface area contributed by atoms with Gasteiger partial charge in [-0.3, -0.25) is 4.52 Å². The van der Waals surface area contributed by atoms with Crippen LogP contribution >= 0.6 is 17.7 Å². The second kappa shape index (κ2) is 5.28. The van der Waals surface area contributed by atoms with Crippen molar-refractivity contribution in [1.82, 2.24) is 0 Å². The highest BCUT2D eigenvalue weighted by Gasteiger charge is 2.15. The Kier molecular flexibility index (Phi) is 6.59. The summed E-state index contributed by atoms with van der Waals surface area (Å²) >= 11 is 0. The molecule has 1 atom stereocenters. The first-order chi connectivity index (χ1) is 4.71. The van der Waals surface area contributed by atoms with Gasteiger partial charge in [0.1, 0.15) is 13.2 Å². The molecular weight excluding hydrogens is 200 g/mol. The summed E-state index contributed by atoms with van der Waals surface area (Å²) in [6.07, 6.45) is 0. The molecule has 5 nitrogen and oxygen atoms in total. The minimum absolute atomic E-state index is 0. The lowest BCUT2D eigenvalue weighted by Gasteiger charge is -2.23. The second-order valence-corrected chi connectivity index (χ2v) is 4.58. The molecule has 0 aliphatic rings. The van der Waals surface area contributed by atoms with Crippen molar-refractivity contribution in [2.24, 2.45) is 0 Å². The topological polar surface area (TPSA) is 66.8 Å². The van der Waals surface area contributed by atoms with Crippen molar-refractivity contribution in [2.45, 2.75) is 0 Å². The van der Waals surface area contributed by atoms with E-state index in [1.807, 2.05) is 21.1 Å². The Labute approximate surface area is 76.2 Å². The molecule has 7 heteroatoms. The van der Waals surface area contributed by atoms with Gasteiger partial charge < -0.3 is 14.3 Å². The van der Waals surface area contributed by atoms with Crippen molar-refractivity contribution in [3.8, 4) is 0 Å². The lowest BCUT2D eigenvalue weighted by molar-refractivity contribution is -0.870. The van der Waals surface area contributed by atoms with Gasteiger partial charge in [0, 0.05) is 0 Å². The van der Waals surface area contributed by atoms with Gasteiger partial charge in [-0.2, -0.15) is 9.90 Å². The zero-order valence-corrected chi connectivity index (χ0v) is 10.0. The average Bonchev–Trinajstić information content (AvgIpc) is 1.55. The summed E-state index contributed by atoms with van der Waals surface area (Å²) in [5.74, 6) is 0. The van der Waals surface area contributed by atoms with Crippen LogP contribution in [0.3, 0.4) is 0 Å². The predicted molar refractivity (Wildman–Crippen MR) is 52.0 cm³/mol. The van der Waals surface area contributed by atoms with Crippen LogP contribution in [0, 0.1) is 0 Å². The highest BCUT2D eigenvalue weighted by Crippen LogP contribution is 2.35. The van der Waals surface area contributed by atoms with Crippen molar-refractivity contribution in [3.63, 3.8) is 0 Å². The SMILES string of the molecule is C[N+](C)(C)CCOP(=O)(O)O.P. The van der Waals surface area contributed by atoms with Gasteiger partial charge >= 0.3 is 7.82 Å². The molecular formula is C5H18NO4P2+. The van der Waals surface area contributed by atoms with E-state index in [2.05, 4.69) is 4.52 Å². The maximum atomic E-state index is 10.2. The zero-order chi connectivity index (χ0) is 9.12. The van der Waals surface area contributed by atoms with Crippen LogP contribution < -0.4 is 0 Å². The molecule has 0 bridgehead atoms. The summed E-state index contributed by atoms with van der Waals surface area (Å²) in [5, 5.41) is 0. The summed E-state index contributed by atoms with van der Waals surface area (Å²) in [6, 6.07) is 0. The number of hydrogen-bond acceptors (Lipinski definition) is 2. The molecule has 0 aliphatic heterocycles. The standard InChI is InChI=1S/C5H14NO4P.H3P/c1-6(2,3)4-5-10-11(7,8)9;/h4-5H2,1-3H3,(H-,7,8,9);1H3/p+1. The Balaban J connectivity index is 0. The van der Waals surface area contributed by atoms with Crippen LogP contribution in [0.4, 0.5) is 0 Å². The molecule has 2 N–H and O–H groups in total. The van der Waals surface area contributed by atoms with Crippen LogP contribution in [0.25, 0.3) is 0 Å². The van der Waals surface area contributed by atoms with E-state index in [1.54, 1.807) is 0 Å². The normalized spacial score (nSPS) is 12.4. The summed E-state index contributed by atoms with van der Waals surface area (Å²) in [7, 11) is 1.50. The van der Waals surface area contributed by atoms with Crippen molar-refractivity contribution < 1.29 is 23.4 Å². The van der Waals surface area contributed by atoms with Gasteiger partial charge in [0.15, 0.2) is 0 Å². The number of nitrogens with zero attached hydrogens (tertiary/aromatic N) is 1. The Morgan fingerprint density at radius 3 is 2.00 bits per heavy atom. The van der Waals surface area contributed by atoms with E-state index in [-0.39, 0.29) is 16.5 Å². The molecule has 0 spiro atoms. The van der Waals surface area contributed by atoms with Crippen LogP contribution in [0.15, 0.2) is 0 Å². The first-order valence-electron chi connectivity index (χ1n) is 3.21. The molecule has 76 valence electrons. The molecule has 0 aromatic carbocycles. The fourth-order valence-corrected chi connectivity index (χ4v) is 0.753. The summed E-state index contributed by atoms with van der Waals surface area (Å²) in [5.41, 5.74) is 0. The van der Waals surface area contributed by atoms with E-state index >= 15 is 0 Å². The Bertz CT molecular complexity index is 161. The number of hydrogen-bond donors (Lipinski definition) is 2. The van der Waals surface area contributed by atoms with E-state index in [4.69, 9.17) is 9.79 Å². The van der Waals surface area contributed by atoms with Gasteiger partial charge in [-0.1, -0.05) is 0 Å². The number of phosphoric ester groups is 1. The molecule has 0 rings (SSSR count). The largest absolute Gasteiger partial charge is 0.469 e. The van der Waals surface area contributed by atoms with Crippen LogP contribution in [-0.2, 0) is 9.09 Å². The molecule has 0 aromatic rings. The molecule has 12 heavy (non-hydrogen) atoms. The molecule has 0 saturated heterocycles. The number of quaternary nitrogens is 1. The predicted octanol–water partition coefficient (Wildman–Crippen LogP) is -0.140. The maximum Gasteiger partial charge on any atom is 0.469 e. The minimum Gasteiger partial charge on any atom is -0.329 e. The maximum absolute atomic E-state index is 10.2. The third-order valence-electron chi connectivity index (χ3n) is 1.02. The van der Waals surface area contributed by atoms with Gasteiger partial charge in [-0.25, -0.2) is 4.57 Å². The third kappa shape index (κ3) is 13.1. The lowest BCUT2D eigenvalue weighted by atomic mass is 10.5. The highest BCUT2D eigenvalue weighted by atomic mass is 31.2. The second-order valence-electron chi connectivity index (χ2n) is 3.34. The highest BCUT2D eigenvalue weighted by molar-refractivity contribution is 7.46. The number of phosphoric acid groups is 1. The van der Waals surface area contributed by atoms with Crippen LogP contribution in [0.5, 0.6) is 0 Å².